The predicted molar refractivity (Wildman–Crippen MR) is 115 cm³/mol. The van der Waals surface area contributed by atoms with E-state index in [2.05, 4.69) is 21.6 Å². The number of hydrogen-bond acceptors (Lipinski definition) is 4. The van der Waals surface area contributed by atoms with E-state index in [9.17, 15) is 9.59 Å². The molecular formula is C23H27N3O3. The number of anilines is 3. The minimum absolute atomic E-state index is 0.157. The molecule has 2 heterocycles. The summed E-state index contributed by atoms with van der Waals surface area (Å²) in [5.74, 6) is -0.349. The highest BCUT2D eigenvalue weighted by Gasteiger charge is 2.23. The maximum atomic E-state index is 12.9. The molecule has 2 aliphatic rings. The zero-order valence-electron chi connectivity index (χ0n) is 16.5. The molecule has 0 aliphatic carbocycles. The summed E-state index contributed by atoms with van der Waals surface area (Å²) in [6.07, 6.45) is 4.85. The Morgan fingerprint density at radius 2 is 1.76 bits per heavy atom. The fourth-order valence-electron chi connectivity index (χ4n) is 3.93. The fraction of sp³-hybridized carbons (Fsp3) is 0.391. The number of para-hydroxylation sites is 2. The molecule has 1 unspecified atom stereocenters. The second-order valence-electron chi connectivity index (χ2n) is 7.59. The number of carbonyl (C=O) groups is 2. The standard InChI is InChI=1S/C23H27N3O3/c27-22(25-19-10-2-3-11-20(19)26-13-4-1-5-14-26)17-8-6-9-18(16-17)24-23(28)21-12-7-15-29-21/h2-3,6,8-11,16,21H,1,4-5,7,12-15H2,(H,24,28)(H,25,27). The Morgan fingerprint density at radius 1 is 0.931 bits per heavy atom. The number of carbonyl (C=O) groups excluding carboxylic acids is 2. The highest BCUT2D eigenvalue weighted by molar-refractivity contribution is 6.07. The molecule has 29 heavy (non-hydrogen) atoms. The van der Waals surface area contributed by atoms with Gasteiger partial charge in [-0.1, -0.05) is 18.2 Å². The van der Waals surface area contributed by atoms with Crippen LogP contribution < -0.4 is 15.5 Å². The lowest BCUT2D eigenvalue weighted by atomic mass is 10.1. The summed E-state index contributed by atoms with van der Waals surface area (Å²) in [5, 5.41) is 5.90. The van der Waals surface area contributed by atoms with Crippen molar-refractivity contribution in [2.45, 2.75) is 38.2 Å². The molecule has 2 N–H and O–H groups in total. The largest absolute Gasteiger partial charge is 0.370 e. The van der Waals surface area contributed by atoms with Crippen LogP contribution in [0.5, 0.6) is 0 Å². The molecule has 2 aromatic carbocycles. The van der Waals surface area contributed by atoms with Crippen LogP contribution >= 0.6 is 0 Å². The number of ether oxygens (including phenoxy) is 1. The van der Waals surface area contributed by atoms with Crippen LogP contribution in [0.4, 0.5) is 17.1 Å². The van der Waals surface area contributed by atoms with Crippen molar-refractivity contribution in [3.63, 3.8) is 0 Å². The van der Waals surface area contributed by atoms with Gasteiger partial charge in [0.25, 0.3) is 11.8 Å². The van der Waals surface area contributed by atoms with E-state index < -0.39 is 6.10 Å². The average Bonchev–Trinajstić information content (AvgIpc) is 3.30. The summed E-state index contributed by atoms with van der Waals surface area (Å²) in [5.41, 5.74) is 2.97. The summed E-state index contributed by atoms with van der Waals surface area (Å²) in [7, 11) is 0. The van der Waals surface area contributed by atoms with Gasteiger partial charge in [-0.25, -0.2) is 0 Å². The smallest absolute Gasteiger partial charge is 0.255 e. The van der Waals surface area contributed by atoms with Crippen molar-refractivity contribution < 1.29 is 14.3 Å². The summed E-state index contributed by atoms with van der Waals surface area (Å²) in [6.45, 7) is 2.65. The van der Waals surface area contributed by atoms with E-state index in [4.69, 9.17) is 4.74 Å². The van der Waals surface area contributed by atoms with Gasteiger partial charge in [0.1, 0.15) is 6.10 Å². The quantitative estimate of drug-likeness (QED) is 0.804. The predicted octanol–water partition coefficient (Wildman–Crippen LogP) is 4.05. The Balaban J connectivity index is 1.46. The van der Waals surface area contributed by atoms with Gasteiger partial charge in [-0.3, -0.25) is 9.59 Å². The van der Waals surface area contributed by atoms with E-state index >= 15 is 0 Å². The Kier molecular flexibility index (Phi) is 6.10. The Bertz CT molecular complexity index is 871. The number of hydrogen-bond donors (Lipinski definition) is 2. The third-order valence-corrected chi connectivity index (χ3v) is 5.46. The molecule has 0 radical (unpaired) electrons. The van der Waals surface area contributed by atoms with Crippen LogP contribution in [0.15, 0.2) is 48.5 Å². The molecular weight excluding hydrogens is 366 g/mol. The van der Waals surface area contributed by atoms with Gasteiger partial charge in [-0.05, 0) is 62.4 Å². The molecule has 2 aliphatic heterocycles. The lowest BCUT2D eigenvalue weighted by Crippen LogP contribution is -2.30. The van der Waals surface area contributed by atoms with Crippen molar-refractivity contribution in [1.82, 2.24) is 0 Å². The SMILES string of the molecule is O=C(Nc1ccccc1N1CCCCC1)c1cccc(NC(=O)C2CCCO2)c1. The van der Waals surface area contributed by atoms with Crippen LogP contribution in [-0.4, -0.2) is 37.6 Å². The van der Waals surface area contributed by atoms with Gasteiger partial charge < -0.3 is 20.3 Å². The molecule has 0 bridgehead atoms. The van der Waals surface area contributed by atoms with E-state index in [0.29, 0.717) is 17.9 Å². The third-order valence-electron chi connectivity index (χ3n) is 5.46. The van der Waals surface area contributed by atoms with E-state index in [-0.39, 0.29) is 11.8 Å². The third kappa shape index (κ3) is 4.77. The second-order valence-corrected chi connectivity index (χ2v) is 7.59. The number of nitrogens with zero attached hydrogens (tertiary/aromatic N) is 1. The first-order valence-electron chi connectivity index (χ1n) is 10.4. The lowest BCUT2D eigenvalue weighted by Gasteiger charge is -2.30. The van der Waals surface area contributed by atoms with Gasteiger partial charge in [0.15, 0.2) is 0 Å². The zero-order valence-corrected chi connectivity index (χ0v) is 16.5. The maximum absolute atomic E-state index is 12.9. The van der Waals surface area contributed by atoms with Crippen LogP contribution in [0.2, 0.25) is 0 Å². The van der Waals surface area contributed by atoms with E-state index in [0.717, 1.165) is 37.3 Å². The topological polar surface area (TPSA) is 70.7 Å². The highest BCUT2D eigenvalue weighted by atomic mass is 16.5. The van der Waals surface area contributed by atoms with Crippen molar-refractivity contribution in [3.8, 4) is 0 Å². The van der Waals surface area contributed by atoms with Crippen LogP contribution in [-0.2, 0) is 9.53 Å². The van der Waals surface area contributed by atoms with Crippen molar-refractivity contribution in [3.05, 3.63) is 54.1 Å². The van der Waals surface area contributed by atoms with Gasteiger partial charge in [-0.15, -0.1) is 0 Å². The number of amides is 2. The summed E-state index contributed by atoms with van der Waals surface area (Å²) >= 11 is 0. The molecule has 6 nitrogen and oxygen atoms in total. The number of rotatable bonds is 5. The van der Waals surface area contributed by atoms with E-state index in [1.807, 2.05) is 18.2 Å². The Morgan fingerprint density at radius 3 is 2.55 bits per heavy atom. The monoisotopic (exact) mass is 393 g/mol. The van der Waals surface area contributed by atoms with Crippen LogP contribution in [0.1, 0.15) is 42.5 Å². The van der Waals surface area contributed by atoms with Gasteiger partial charge in [0.05, 0.1) is 11.4 Å². The first kappa shape index (κ1) is 19.5. The van der Waals surface area contributed by atoms with Crippen LogP contribution in [0, 0.1) is 0 Å². The van der Waals surface area contributed by atoms with Gasteiger partial charge in [-0.2, -0.15) is 0 Å². The lowest BCUT2D eigenvalue weighted by molar-refractivity contribution is -0.124. The second kappa shape index (κ2) is 9.09. The maximum Gasteiger partial charge on any atom is 0.255 e. The van der Waals surface area contributed by atoms with Crippen LogP contribution in [0.3, 0.4) is 0 Å². The molecule has 2 amide bonds. The van der Waals surface area contributed by atoms with Crippen molar-refractivity contribution in [2.24, 2.45) is 0 Å². The van der Waals surface area contributed by atoms with Gasteiger partial charge >= 0.3 is 0 Å². The molecule has 1 atom stereocenters. The molecule has 0 spiro atoms. The molecule has 4 rings (SSSR count). The molecule has 2 fully saturated rings. The minimum Gasteiger partial charge on any atom is -0.370 e. The molecule has 2 saturated heterocycles. The van der Waals surface area contributed by atoms with Crippen molar-refractivity contribution >= 4 is 28.9 Å². The zero-order chi connectivity index (χ0) is 20.1. The number of piperidine rings is 1. The normalized spacial score (nSPS) is 19.0. The van der Waals surface area contributed by atoms with E-state index in [1.165, 1.54) is 19.3 Å². The minimum atomic E-state index is -0.399. The molecule has 0 saturated carbocycles. The summed E-state index contributed by atoms with van der Waals surface area (Å²) in [4.78, 5) is 27.5. The Labute approximate surface area is 171 Å². The number of nitrogens with one attached hydrogen (secondary N) is 2. The summed E-state index contributed by atoms with van der Waals surface area (Å²) < 4.78 is 5.42. The highest BCUT2D eigenvalue weighted by Crippen LogP contribution is 2.29. The molecule has 152 valence electrons. The Hall–Kier alpha value is -2.86. The summed E-state index contributed by atoms with van der Waals surface area (Å²) in [6, 6.07) is 14.9. The molecule has 0 aromatic heterocycles. The van der Waals surface area contributed by atoms with Crippen LogP contribution in [0.25, 0.3) is 0 Å². The molecule has 6 heteroatoms. The van der Waals surface area contributed by atoms with E-state index in [1.54, 1.807) is 24.3 Å². The van der Waals surface area contributed by atoms with Crippen molar-refractivity contribution in [1.29, 1.82) is 0 Å². The van der Waals surface area contributed by atoms with Gasteiger partial charge in [0, 0.05) is 30.9 Å². The number of benzene rings is 2. The van der Waals surface area contributed by atoms with Crippen molar-refractivity contribution in [2.75, 3.05) is 35.2 Å². The fourth-order valence-corrected chi connectivity index (χ4v) is 3.93. The average molecular weight is 393 g/mol. The van der Waals surface area contributed by atoms with Gasteiger partial charge in [0.2, 0.25) is 0 Å². The first-order chi connectivity index (χ1) is 14.2. The molecule has 2 aromatic rings. The first-order valence-corrected chi connectivity index (χ1v) is 10.4.